The third-order valence-corrected chi connectivity index (χ3v) is 4.46. The van der Waals surface area contributed by atoms with Gasteiger partial charge in [-0.25, -0.2) is 4.39 Å². The second kappa shape index (κ2) is 4.60. The highest BCUT2D eigenvalue weighted by atomic mass is 19.1. The van der Waals surface area contributed by atoms with E-state index in [0.29, 0.717) is 6.42 Å². The molecule has 3 rings (SSSR count). The van der Waals surface area contributed by atoms with Crippen molar-refractivity contribution in [2.75, 3.05) is 18.4 Å². The molecule has 1 saturated heterocycles. The highest BCUT2D eigenvalue weighted by Gasteiger charge is 2.50. The minimum absolute atomic E-state index is 0.00231. The Bertz CT molecular complexity index is 511. The molecule has 4 heteroatoms. The molecule has 102 valence electrons. The van der Waals surface area contributed by atoms with Crippen LogP contribution < -0.4 is 5.32 Å². The van der Waals surface area contributed by atoms with E-state index in [1.165, 1.54) is 18.6 Å². The topological polar surface area (TPSA) is 32.3 Å². The number of amides is 1. The molecule has 2 aliphatic rings. The lowest BCUT2D eigenvalue weighted by Gasteiger charge is -2.41. The first-order chi connectivity index (χ1) is 9.18. The van der Waals surface area contributed by atoms with Gasteiger partial charge < -0.3 is 5.32 Å². The molecule has 0 aliphatic carbocycles. The van der Waals surface area contributed by atoms with Crippen LogP contribution in [0.1, 0.15) is 38.2 Å². The Morgan fingerprint density at radius 3 is 2.74 bits per heavy atom. The molecule has 1 aromatic carbocycles. The summed E-state index contributed by atoms with van der Waals surface area (Å²) in [4.78, 5) is 14.8. The minimum Gasteiger partial charge on any atom is -0.324 e. The largest absolute Gasteiger partial charge is 0.324 e. The molecule has 0 aromatic heterocycles. The van der Waals surface area contributed by atoms with Crippen molar-refractivity contribution in [2.45, 2.75) is 38.1 Å². The van der Waals surface area contributed by atoms with Crippen LogP contribution >= 0.6 is 0 Å². The highest BCUT2D eigenvalue weighted by Crippen LogP contribution is 2.44. The van der Waals surface area contributed by atoms with Crippen LogP contribution in [0.15, 0.2) is 18.2 Å². The predicted molar refractivity (Wildman–Crippen MR) is 72.4 cm³/mol. The molecular weight excluding hydrogens is 243 g/mol. The van der Waals surface area contributed by atoms with Crippen molar-refractivity contribution < 1.29 is 9.18 Å². The summed E-state index contributed by atoms with van der Waals surface area (Å²) in [6, 6.07) is 4.59. The number of piperidine rings is 1. The molecule has 0 radical (unpaired) electrons. The number of halogens is 1. The zero-order valence-electron chi connectivity index (χ0n) is 11.2. The maximum Gasteiger partial charge on any atom is 0.249 e. The van der Waals surface area contributed by atoms with E-state index in [2.05, 4.69) is 10.2 Å². The third kappa shape index (κ3) is 1.77. The number of nitrogens with zero attached hydrogens (tertiary/aromatic N) is 1. The molecular formula is C15H19FN2O. The van der Waals surface area contributed by atoms with Gasteiger partial charge in [-0.3, -0.25) is 9.69 Å². The Kier molecular flexibility index (Phi) is 3.05. The first kappa shape index (κ1) is 12.6. The SMILES string of the molecule is CCC1(N2CCCCC2)C(=O)Nc2ccc(F)cc21. The number of anilines is 1. The van der Waals surface area contributed by atoms with E-state index in [-0.39, 0.29) is 11.7 Å². The summed E-state index contributed by atoms with van der Waals surface area (Å²) in [5.41, 5.74) is 0.901. The van der Waals surface area contributed by atoms with Crippen molar-refractivity contribution in [1.82, 2.24) is 4.90 Å². The summed E-state index contributed by atoms with van der Waals surface area (Å²) < 4.78 is 13.6. The van der Waals surface area contributed by atoms with Crippen LogP contribution in [0.4, 0.5) is 10.1 Å². The lowest BCUT2D eigenvalue weighted by Crippen LogP contribution is -2.52. The number of rotatable bonds is 2. The molecule has 0 spiro atoms. The Labute approximate surface area is 112 Å². The van der Waals surface area contributed by atoms with E-state index in [1.54, 1.807) is 6.07 Å². The quantitative estimate of drug-likeness (QED) is 0.889. The average molecular weight is 262 g/mol. The lowest BCUT2D eigenvalue weighted by atomic mass is 9.85. The fraction of sp³-hybridized carbons (Fsp3) is 0.533. The molecule has 1 amide bonds. The third-order valence-electron chi connectivity index (χ3n) is 4.46. The highest BCUT2D eigenvalue weighted by molar-refractivity contribution is 6.05. The van der Waals surface area contributed by atoms with Gasteiger partial charge in [0.05, 0.1) is 0 Å². The van der Waals surface area contributed by atoms with Gasteiger partial charge in [0, 0.05) is 11.3 Å². The van der Waals surface area contributed by atoms with Crippen molar-refractivity contribution in [3.63, 3.8) is 0 Å². The number of benzene rings is 1. The maximum absolute atomic E-state index is 13.6. The monoisotopic (exact) mass is 262 g/mol. The first-order valence-electron chi connectivity index (χ1n) is 7.05. The van der Waals surface area contributed by atoms with E-state index in [1.807, 2.05) is 6.92 Å². The van der Waals surface area contributed by atoms with Crippen LogP contribution in [0.3, 0.4) is 0 Å². The Morgan fingerprint density at radius 2 is 2.05 bits per heavy atom. The summed E-state index contributed by atoms with van der Waals surface area (Å²) in [6.45, 7) is 3.84. The molecule has 0 bridgehead atoms. The van der Waals surface area contributed by atoms with E-state index < -0.39 is 5.54 Å². The van der Waals surface area contributed by atoms with Crippen LogP contribution in [-0.2, 0) is 10.3 Å². The predicted octanol–water partition coefficient (Wildman–Crippen LogP) is 2.87. The van der Waals surface area contributed by atoms with Crippen LogP contribution in [-0.4, -0.2) is 23.9 Å². The van der Waals surface area contributed by atoms with E-state index >= 15 is 0 Å². The molecule has 0 saturated carbocycles. The van der Waals surface area contributed by atoms with Gasteiger partial charge in [0.15, 0.2) is 0 Å². The van der Waals surface area contributed by atoms with Crippen LogP contribution in [0.5, 0.6) is 0 Å². The number of likely N-dealkylation sites (tertiary alicyclic amines) is 1. The summed E-state index contributed by atoms with van der Waals surface area (Å²) in [6.07, 6.45) is 4.11. The molecule has 3 nitrogen and oxygen atoms in total. The second-order valence-corrected chi connectivity index (χ2v) is 5.41. The van der Waals surface area contributed by atoms with Crippen molar-refractivity contribution in [2.24, 2.45) is 0 Å². The molecule has 1 fully saturated rings. The number of carbonyl (C=O) groups excluding carboxylic acids is 1. The van der Waals surface area contributed by atoms with E-state index in [0.717, 1.165) is 37.2 Å². The number of hydrogen-bond donors (Lipinski definition) is 1. The summed E-state index contributed by atoms with van der Waals surface area (Å²) in [7, 11) is 0. The van der Waals surface area contributed by atoms with Gasteiger partial charge in [-0.2, -0.15) is 0 Å². The smallest absolute Gasteiger partial charge is 0.249 e. The summed E-state index contributed by atoms with van der Waals surface area (Å²) in [5.74, 6) is -0.275. The first-order valence-corrected chi connectivity index (χ1v) is 7.05. The van der Waals surface area contributed by atoms with Gasteiger partial charge in [0.2, 0.25) is 5.91 Å². The van der Waals surface area contributed by atoms with E-state index in [9.17, 15) is 9.18 Å². The minimum atomic E-state index is -0.669. The Balaban J connectivity index is 2.10. The summed E-state index contributed by atoms with van der Waals surface area (Å²) >= 11 is 0. The normalized spacial score (nSPS) is 27.2. The fourth-order valence-corrected chi connectivity index (χ4v) is 3.48. The number of hydrogen-bond acceptors (Lipinski definition) is 2. The molecule has 2 heterocycles. The van der Waals surface area contributed by atoms with Gasteiger partial charge in [-0.15, -0.1) is 0 Å². The van der Waals surface area contributed by atoms with Crippen molar-refractivity contribution >= 4 is 11.6 Å². The standard InChI is InChI=1S/C15H19FN2O/c1-2-15(18-8-4-3-5-9-18)12-10-11(16)6-7-13(12)17-14(15)19/h6-7,10H,2-5,8-9H2,1H3,(H,17,19). The Hall–Kier alpha value is -1.42. The fourth-order valence-electron chi connectivity index (χ4n) is 3.48. The average Bonchev–Trinajstić information content (AvgIpc) is 2.72. The van der Waals surface area contributed by atoms with Crippen molar-refractivity contribution in [3.05, 3.63) is 29.6 Å². The van der Waals surface area contributed by atoms with Gasteiger partial charge in [-0.1, -0.05) is 13.3 Å². The zero-order valence-corrected chi connectivity index (χ0v) is 11.2. The number of carbonyl (C=O) groups is 1. The van der Waals surface area contributed by atoms with Gasteiger partial charge in [-0.05, 0) is 50.6 Å². The van der Waals surface area contributed by atoms with Crippen molar-refractivity contribution in [3.8, 4) is 0 Å². The van der Waals surface area contributed by atoms with Crippen LogP contribution in [0.2, 0.25) is 0 Å². The zero-order chi connectivity index (χ0) is 13.5. The maximum atomic E-state index is 13.6. The van der Waals surface area contributed by atoms with E-state index in [4.69, 9.17) is 0 Å². The molecule has 1 aromatic rings. The number of fused-ring (bicyclic) bond motifs is 1. The van der Waals surface area contributed by atoms with Gasteiger partial charge >= 0.3 is 0 Å². The molecule has 1 unspecified atom stereocenters. The van der Waals surface area contributed by atoms with Crippen LogP contribution in [0, 0.1) is 5.82 Å². The molecule has 2 aliphatic heterocycles. The second-order valence-electron chi connectivity index (χ2n) is 5.41. The number of nitrogens with one attached hydrogen (secondary N) is 1. The van der Waals surface area contributed by atoms with Gasteiger partial charge in [0.25, 0.3) is 0 Å². The Morgan fingerprint density at radius 1 is 1.32 bits per heavy atom. The van der Waals surface area contributed by atoms with Gasteiger partial charge in [0.1, 0.15) is 11.4 Å². The molecule has 19 heavy (non-hydrogen) atoms. The summed E-state index contributed by atoms with van der Waals surface area (Å²) in [5, 5.41) is 2.92. The lowest BCUT2D eigenvalue weighted by molar-refractivity contribution is -0.129. The molecule has 1 N–H and O–H groups in total. The van der Waals surface area contributed by atoms with Crippen LogP contribution in [0.25, 0.3) is 0 Å². The molecule has 1 atom stereocenters. The van der Waals surface area contributed by atoms with Crippen molar-refractivity contribution in [1.29, 1.82) is 0 Å².